The van der Waals surface area contributed by atoms with Crippen molar-refractivity contribution in [2.24, 2.45) is 7.05 Å². The molecule has 1 amide bonds. The van der Waals surface area contributed by atoms with Gasteiger partial charge in [0.05, 0.1) is 5.69 Å². The van der Waals surface area contributed by atoms with E-state index in [1.807, 2.05) is 37.4 Å². The third-order valence-electron chi connectivity index (χ3n) is 4.54. The van der Waals surface area contributed by atoms with Crippen LogP contribution >= 0.6 is 0 Å². The molecule has 0 spiro atoms. The molecule has 0 bridgehead atoms. The number of rotatable bonds is 4. The molecule has 1 aromatic rings. The number of amides is 1. The topological polar surface area (TPSA) is 59.4 Å². The van der Waals surface area contributed by atoms with Crippen LogP contribution < -0.4 is 5.32 Å². The Hall–Kier alpha value is -1.56. The Morgan fingerprint density at radius 3 is 2.67 bits per heavy atom. The van der Waals surface area contributed by atoms with Crippen molar-refractivity contribution in [2.75, 3.05) is 19.6 Å². The molecule has 24 heavy (non-hydrogen) atoms. The van der Waals surface area contributed by atoms with Gasteiger partial charge in [-0.05, 0) is 66.0 Å². The second-order valence-corrected chi connectivity index (χ2v) is 7.74. The molecule has 1 aromatic heterocycles. The second kappa shape index (κ2) is 7.55. The average molecular weight is 336 g/mol. The summed E-state index contributed by atoms with van der Waals surface area (Å²) in [6.45, 7) is 12.3. The van der Waals surface area contributed by atoms with Gasteiger partial charge in [-0.2, -0.15) is 5.10 Å². The number of carbonyl (C=O) groups excluding carboxylic acids is 1. The van der Waals surface area contributed by atoms with Gasteiger partial charge < -0.3 is 15.0 Å². The van der Waals surface area contributed by atoms with Crippen LogP contribution in [0.5, 0.6) is 0 Å². The van der Waals surface area contributed by atoms with E-state index in [9.17, 15) is 4.79 Å². The predicted molar refractivity (Wildman–Crippen MR) is 95.2 cm³/mol. The zero-order valence-electron chi connectivity index (χ0n) is 16.0. The molecule has 1 aliphatic rings. The number of piperidine rings is 1. The van der Waals surface area contributed by atoms with Gasteiger partial charge >= 0.3 is 6.09 Å². The number of aryl methyl sites for hydroxylation is 2. The fourth-order valence-corrected chi connectivity index (χ4v) is 3.22. The van der Waals surface area contributed by atoms with E-state index < -0.39 is 5.60 Å². The van der Waals surface area contributed by atoms with Crippen LogP contribution in [0.3, 0.4) is 0 Å². The summed E-state index contributed by atoms with van der Waals surface area (Å²) in [5, 5.41) is 8.06. The van der Waals surface area contributed by atoms with Gasteiger partial charge in [0.2, 0.25) is 0 Å². The van der Waals surface area contributed by atoms with Crippen LogP contribution in [0.1, 0.15) is 50.6 Å². The Labute approximate surface area is 145 Å². The highest BCUT2D eigenvalue weighted by molar-refractivity contribution is 5.68. The molecular formula is C18H32N4O2. The van der Waals surface area contributed by atoms with Crippen molar-refractivity contribution in [3.05, 3.63) is 17.0 Å². The maximum atomic E-state index is 12.2. The monoisotopic (exact) mass is 336 g/mol. The maximum absolute atomic E-state index is 12.2. The predicted octanol–water partition coefficient (Wildman–Crippen LogP) is 2.57. The molecule has 1 N–H and O–H groups in total. The lowest BCUT2D eigenvalue weighted by Gasteiger charge is -2.34. The number of hydrogen-bond donors (Lipinski definition) is 1. The number of hydrogen-bond acceptors (Lipinski definition) is 4. The fourth-order valence-electron chi connectivity index (χ4n) is 3.22. The summed E-state index contributed by atoms with van der Waals surface area (Å²) in [6.07, 6.45) is 2.88. The van der Waals surface area contributed by atoms with Crippen LogP contribution in [0.2, 0.25) is 0 Å². The van der Waals surface area contributed by atoms with E-state index in [1.165, 1.54) is 11.3 Å². The van der Waals surface area contributed by atoms with Crippen LogP contribution in [0.15, 0.2) is 0 Å². The molecule has 1 aliphatic heterocycles. The minimum atomic E-state index is -0.438. The zero-order chi connectivity index (χ0) is 17.9. The van der Waals surface area contributed by atoms with Gasteiger partial charge in [0.25, 0.3) is 0 Å². The largest absolute Gasteiger partial charge is 0.444 e. The lowest BCUT2D eigenvalue weighted by atomic mass is 10.1. The summed E-state index contributed by atoms with van der Waals surface area (Å²) < 4.78 is 7.42. The molecule has 2 heterocycles. The number of carbonyl (C=O) groups is 1. The van der Waals surface area contributed by atoms with Crippen molar-refractivity contribution >= 4 is 6.09 Å². The molecule has 1 atom stereocenters. The highest BCUT2D eigenvalue weighted by atomic mass is 16.6. The van der Waals surface area contributed by atoms with Crippen LogP contribution in [-0.2, 0) is 18.2 Å². The van der Waals surface area contributed by atoms with Gasteiger partial charge in [-0.3, -0.25) is 4.68 Å². The van der Waals surface area contributed by atoms with E-state index in [0.29, 0.717) is 6.04 Å². The van der Waals surface area contributed by atoms with Crippen molar-refractivity contribution in [3.63, 3.8) is 0 Å². The molecule has 0 radical (unpaired) electrons. The van der Waals surface area contributed by atoms with Crippen LogP contribution in [-0.4, -0.2) is 52.1 Å². The molecule has 6 heteroatoms. The summed E-state index contributed by atoms with van der Waals surface area (Å²) in [7, 11) is 1.99. The van der Waals surface area contributed by atoms with Crippen LogP contribution in [0.4, 0.5) is 4.79 Å². The summed E-state index contributed by atoms with van der Waals surface area (Å²) in [5.74, 6) is 0. The summed E-state index contributed by atoms with van der Waals surface area (Å²) in [4.78, 5) is 14.0. The normalized spacial score (nSPS) is 18.8. The fraction of sp³-hybridized carbons (Fsp3) is 0.778. The standard InChI is InChI=1S/C18H32N4O2/c1-13-16(14(2)21(6)20-13)9-10-19-15-8-7-11-22(12-15)17(23)24-18(3,4)5/h15,19H,7-12H2,1-6H3/t15-/m0/s1. The first kappa shape index (κ1) is 18.8. The lowest BCUT2D eigenvalue weighted by Crippen LogP contribution is -2.49. The molecule has 136 valence electrons. The van der Waals surface area contributed by atoms with Gasteiger partial charge in [0.1, 0.15) is 5.60 Å². The SMILES string of the molecule is Cc1nn(C)c(C)c1CCN[C@H]1CCCN(C(=O)OC(C)(C)C)C1. The quantitative estimate of drug-likeness (QED) is 0.918. The molecule has 1 saturated heterocycles. The average Bonchev–Trinajstić information content (AvgIpc) is 2.72. The third kappa shape index (κ3) is 4.97. The maximum Gasteiger partial charge on any atom is 0.410 e. The van der Waals surface area contributed by atoms with Crippen molar-refractivity contribution in [1.82, 2.24) is 20.0 Å². The molecular weight excluding hydrogens is 304 g/mol. The molecule has 0 aliphatic carbocycles. The van der Waals surface area contributed by atoms with E-state index in [4.69, 9.17) is 4.74 Å². The van der Waals surface area contributed by atoms with Crippen molar-refractivity contribution in [2.45, 2.75) is 65.5 Å². The van der Waals surface area contributed by atoms with Crippen molar-refractivity contribution in [3.8, 4) is 0 Å². The van der Waals surface area contributed by atoms with E-state index >= 15 is 0 Å². The van der Waals surface area contributed by atoms with Crippen LogP contribution in [0, 0.1) is 13.8 Å². The number of likely N-dealkylation sites (tertiary alicyclic amines) is 1. The van der Waals surface area contributed by atoms with Crippen LogP contribution in [0.25, 0.3) is 0 Å². The lowest BCUT2D eigenvalue weighted by molar-refractivity contribution is 0.0188. The van der Waals surface area contributed by atoms with Gasteiger partial charge in [-0.25, -0.2) is 4.79 Å². The number of ether oxygens (including phenoxy) is 1. The number of aromatic nitrogens is 2. The third-order valence-corrected chi connectivity index (χ3v) is 4.54. The Morgan fingerprint density at radius 1 is 1.38 bits per heavy atom. The minimum absolute atomic E-state index is 0.201. The Morgan fingerprint density at radius 2 is 2.08 bits per heavy atom. The molecule has 0 saturated carbocycles. The van der Waals surface area contributed by atoms with Crippen molar-refractivity contribution in [1.29, 1.82) is 0 Å². The van der Waals surface area contributed by atoms with Gasteiger partial charge in [-0.15, -0.1) is 0 Å². The Kier molecular flexibility index (Phi) is 5.91. The first-order valence-corrected chi connectivity index (χ1v) is 8.88. The summed E-state index contributed by atoms with van der Waals surface area (Å²) in [6, 6.07) is 0.337. The van der Waals surface area contributed by atoms with E-state index in [1.54, 1.807) is 0 Å². The number of nitrogens with one attached hydrogen (secondary N) is 1. The summed E-state index contributed by atoms with van der Waals surface area (Å²) in [5.41, 5.74) is 3.22. The minimum Gasteiger partial charge on any atom is -0.444 e. The van der Waals surface area contributed by atoms with Gasteiger partial charge in [0, 0.05) is 31.9 Å². The Balaban J connectivity index is 1.82. The van der Waals surface area contributed by atoms with E-state index in [0.717, 1.165) is 44.6 Å². The number of nitrogens with zero attached hydrogens (tertiary/aromatic N) is 3. The Bertz CT molecular complexity index is 574. The highest BCUT2D eigenvalue weighted by Crippen LogP contribution is 2.16. The molecule has 6 nitrogen and oxygen atoms in total. The highest BCUT2D eigenvalue weighted by Gasteiger charge is 2.27. The first-order chi connectivity index (χ1) is 11.2. The van der Waals surface area contributed by atoms with Crippen molar-refractivity contribution < 1.29 is 9.53 Å². The van der Waals surface area contributed by atoms with Gasteiger partial charge in [0.15, 0.2) is 0 Å². The summed E-state index contributed by atoms with van der Waals surface area (Å²) >= 11 is 0. The second-order valence-electron chi connectivity index (χ2n) is 7.74. The molecule has 0 unspecified atom stereocenters. The molecule has 1 fully saturated rings. The van der Waals surface area contributed by atoms with E-state index in [-0.39, 0.29) is 6.09 Å². The first-order valence-electron chi connectivity index (χ1n) is 8.88. The zero-order valence-corrected chi connectivity index (χ0v) is 16.0. The van der Waals surface area contributed by atoms with E-state index in [2.05, 4.69) is 24.3 Å². The molecule has 0 aromatic carbocycles. The van der Waals surface area contributed by atoms with Gasteiger partial charge in [-0.1, -0.05) is 0 Å². The molecule has 2 rings (SSSR count). The smallest absolute Gasteiger partial charge is 0.410 e.